The number of rotatable bonds is 8. The first-order valence-corrected chi connectivity index (χ1v) is 8.60. The Labute approximate surface area is 163 Å². The van der Waals surface area contributed by atoms with Gasteiger partial charge in [0, 0.05) is 37.3 Å². The lowest BCUT2D eigenvalue weighted by atomic mass is 10.1. The number of carbonyl (C=O) groups is 3. The van der Waals surface area contributed by atoms with Gasteiger partial charge in [-0.3, -0.25) is 14.4 Å². The molecule has 28 heavy (non-hydrogen) atoms. The maximum absolute atomic E-state index is 12.3. The topological polar surface area (TPSA) is 106 Å². The summed E-state index contributed by atoms with van der Waals surface area (Å²) in [5.41, 5.74) is 1.45. The van der Waals surface area contributed by atoms with Crippen LogP contribution in [0.15, 0.2) is 42.5 Å². The summed E-state index contributed by atoms with van der Waals surface area (Å²) < 4.78 is 10.3. The van der Waals surface area contributed by atoms with Gasteiger partial charge < -0.3 is 25.4 Å². The maximum Gasteiger partial charge on any atom is 0.255 e. The number of hydrogen-bond acceptors (Lipinski definition) is 5. The maximum atomic E-state index is 12.3. The van der Waals surface area contributed by atoms with E-state index in [4.69, 9.17) is 9.47 Å². The zero-order chi connectivity index (χ0) is 20.5. The van der Waals surface area contributed by atoms with Gasteiger partial charge >= 0.3 is 0 Å². The fourth-order valence-electron chi connectivity index (χ4n) is 2.44. The zero-order valence-corrected chi connectivity index (χ0v) is 16.0. The van der Waals surface area contributed by atoms with E-state index < -0.39 is 0 Å². The molecule has 0 unspecified atom stereocenters. The highest BCUT2D eigenvalue weighted by Crippen LogP contribution is 2.24. The molecule has 0 saturated carbocycles. The van der Waals surface area contributed by atoms with Gasteiger partial charge in [-0.15, -0.1) is 0 Å². The van der Waals surface area contributed by atoms with Crippen molar-refractivity contribution < 1.29 is 23.9 Å². The van der Waals surface area contributed by atoms with Gasteiger partial charge in [0.15, 0.2) is 0 Å². The normalized spacial score (nSPS) is 9.96. The zero-order valence-electron chi connectivity index (χ0n) is 16.0. The van der Waals surface area contributed by atoms with Gasteiger partial charge in [-0.25, -0.2) is 0 Å². The third-order valence-electron chi connectivity index (χ3n) is 3.82. The minimum atomic E-state index is -0.312. The molecule has 0 aliphatic heterocycles. The van der Waals surface area contributed by atoms with Crippen LogP contribution in [0.4, 0.5) is 5.69 Å². The molecule has 0 heterocycles. The highest BCUT2D eigenvalue weighted by molar-refractivity contribution is 5.97. The second-order valence-electron chi connectivity index (χ2n) is 5.84. The number of hydrogen-bond donors (Lipinski definition) is 3. The summed E-state index contributed by atoms with van der Waals surface area (Å²) in [7, 11) is 3.01. The van der Waals surface area contributed by atoms with Crippen molar-refractivity contribution in [3.05, 3.63) is 53.6 Å². The van der Waals surface area contributed by atoms with Crippen molar-refractivity contribution in [2.75, 3.05) is 32.6 Å². The molecule has 3 N–H and O–H groups in total. The Balaban J connectivity index is 1.82. The van der Waals surface area contributed by atoms with Gasteiger partial charge in [0.2, 0.25) is 5.91 Å². The Morgan fingerprint density at radius 3 is 2.07 bits per heavy atom. The molecular formula is C20H23N3O5. The summed E-state index contributed by atoms with van der Waals surface area (Å²) in [5.74, 6) is 0.228. The van der Waals surface area contributed by atoms with Crippen LogP contribution in [0.2, 0.25) is 0 Å². The Bertz CT molecular complexity index is 849. The number of anilines is 1. The molecule has 2 rings (SSSR count). The second kappa shape index (κ2) is 9.96. The van der Waals surface area contributed by atoms with Crippen LogP contribution in [-0.4, -0.2) is 45.0 Å². The smallest absolute Gasteiger partial charge is 0.255 e. The summed E-state index contributed by atoms with van der Waals surface area (Å²) in [4.78, 5) is 35.4. The average Bonchev–Trinajstić information content (AvgIpc) is 2.70. The van der Waals surface area contributed by atoms with Gasteiger partial charge in [-0.05, 0) is 36.4 Å². The number of ether oxygens (including phenoxy) is 2. The number of carbonyl (C=O) groups excluding carboxylic acids is 3. The first-order valence-electron chi connectivity index (χ1n) is 8.60. The number of methoxy groups -OCH3 is 2. The van der Waals surface area contributed by atoms with Gasteiger partial charge in [0.05, 0.1) is 19.8 Å². The fourth-order valence-corrected chi connectivity index (χ4v) is 2.44. The molecule has 148 valence electrons. The van der Waals surface area contributed by atoms with E-state index in [-0.39, 0.29) is 30.8 Å². The summed E-state index contributed by atoms with van der Waals surface area (Å²) in [6.07, 6.45) is 0. The SMILES string of the molecule is COc1ccc(C(=O)NCCNC(=O)c2ccc(NC(C)=O)cc2)c(OC)c1. The highest BCUT2D eigenvalue weighted by atomic mass is 16.5. The van der Waals surface area contributed by atoms with Crippen molar-refractivity contribution in [1.82, 2.24) is 10.6 Å². The minimum absolute atomic E-state index is 0.179. The van der Waals surface area contributed by atoms with Crippen LogP contribution in [0.25, 0.3) is 0 Å². The molecule has 0 fully saturated rings. The molecule has 0 saturated heterocycles. The molecule has 0 radical (unpaired) electrons. The molecule has 0 bridgehead atoms. The number of benzene rings is 2. The second-order valence-corrected chi connectivity index (χ2v) is 5.84. The molecule has 0 aromatic heterocycles. The Hall–Kier alpha value is -3.55. The molecule has 0 aliphatic carbocycles. The van der Waals surface area contributed by atoms with Crippen LogP contribution < -0.4 is 25.4 Å². The lowest BCUT2D eigenvalue weighted by molar-refractivity contribution is -0.114. The van der Waals surface area contributed by atoms with E-state index in [1.807, 2.05) is 0 Å². The average molecular weight is 385 g/mol. The monoisotopic (exact) mass is 385 g/mol. The molecule has 0 spiro atoms. The van der Waals surface area contributed by atoms with Crippen LogP contribution >= 0.6 is 0 Å². The Kier molecular flexibility index (Phi) is 7.38. The van der Waals surface area contributed by atoms with Gasteiger partial charge in [0.25, 0.3) is 11.8 Å². The van der Waals surface area contributed by atoms with Crippen molar-refractivity contribution in [2.45, 2.75) is 6.92 Å². The van der Waals surface area contributed by atoms with E-state index in [0.717, 1.165) is 0 Å². The van der Waals surface area contributed by atoms with Gasteiger partial charge in [0.1, 0.15) is 11.5 Å². The van der Waals surface area contributed by atoms with E-state index in [1.54, 1.807) is 42.5 Å². The van der Waals surface area contributed by atoms with Crippen molar-refractivity contribution in [1.29, 1.82) is 0 Å². The molecule has 2 aromatic rings. The highest BCUT2D eigenvalue weighted by Gasteiger charge is 2.13. The minimum Gasteiger partial charge on any atom is -0.497 e. The van der Waals surface area contributed by atoms with Crippen LogP contribution in [0.5, 0.6) is 11.5 Å². The van der Waals surface area contributed by atoms with Crippen molar-refractivity contribution in [2.24, 2.45) is 0 Å². The van der Waals surface area contributed by atoms with E-state index in [2.05, 4.69) is 16.0 Å². The molecule has 0 aliphatic rings. The summed E-state index contributed by atoms with van der Waals surface area (Å²) in [6.45, 7) is 1.93. The van der Waals surface area contributed by atoms with E-state index in [0.29, 0.717) is 28.3 Å². The van der Waals surface area contributed by atoms with Gasteiger partial charge in [-0.2, -0.15) is 0 Å². The molecule has 8 nitrogen and oxygen atoms in total. The summed E-state index contributed by atoms with van der Waals surface area (Å²) in [6, 6.07) is 11.4. The predicted molar refractivity (Wildman–Crippen MR) is 105 cm³/mol. The Morgan fingerprint density at radius 1 is 0.857 bits per heavy atom. The van der Waals surface area contributed by atoms with E-state index in [1.165, 1.54) is 21.1 Å². The van der Waals surface area contributed by atoms with Crippen molar-refractivity contribution in [3.8, 4) is 11.5 Å². The number of nitrogens with one attached hydrogen (secondary N) is 3. The lowest BCUT2D eigenvalue weighted by Gasteiger charge is -2.11. The summed E-state index contributed by atoms with van der Waals surface area (Å²) >= 11 is 0. The van der Waals surface area contributed by atoms with E-state index in [9.17, 15) is 14.4 Å². The van der Waals surface area contributed by atoms with Gasteiger partial charge in [-0.1, -0.05) is 0 Å². The molecule has 3 amide bonds. The van der Waals surface area contributed by atoms with Crippen LogP contribution in [0, 0.1) is 0 Å². The fraction of sp³-hybridized carbons (Fsp3) is 0.250. The first-order chi connectivity index (χ1) is 13.4. The molecule has 2 aromatic carbocycles. The third kappa shape index (κ3) is 5.73. The molecule has 8 heteroatoms. The molecular weight excluding hydrogens is 362 g/mol. The van der Waals surface area contributed by atoms with Crippen molar-refractivity contribution in [3.63, 3.8) is 0 Å². The van der Waals surface area contributed by atoms with Crippen molar-refractivity contribution >= 4 is 23.4 Å². The van der Waals surface area contributed by atoms with E-state index >= 15 is 0 Å². The predicted octanol–water partition coefficient (Wildman–Crippen LogP) is 1.82. The molecule has 0 atom stereocenters. The summed E-state index contributed by atoms with van der Waals surface area (Å²) in [5, 5.41) is 8.08. The quantitative estimate of drug-likeness (QED) is 0.601. The largest absolute Gasteiger partial charge is 0.497 e. The lowest BCUT2D eigenvalue weighted by Crippen LogP contribution is -2.34. The third-order valence-corrected chi connectivity index (χ3v) is 3.82. The standard InChI is InChI=1S/C20H23N3O5/c1-13(24)23-15-6-4-14(5-7-15)19(25)21-10-11-22-20(26)17-9-8-16(27-2)12-18(17)28-3/h4-9,12H,10-11H2,1-3H3,(H,21,25)(H,22,26)(H,23,24). The number of amides is 3. The van der Waals surface area contributed by atoms with Crippen LogP contribution in [0.3, 0.4) is 0 Å². The first kappa shape index (κ1) is 20.8. The van der Waals surface area contributed by atoms with Crippen LogP contribution in [0.1, 0.15) is 27.6 Å². The Morgan fingerprint density at radius 2 is 1.50 bits per heavy atom. The van der Waals surface area contributed by atoms with Crippen LogP contribution in [-0.2, 0) is 4.79 Å².